The number of aryl methyl sites for hydroxylation is 1. The van der Waals surface area contributed by atoms with Gasteiger partial charge in [0.2, 0.25) is 0 Å². The zero-order valence-corrected chi connectivity index (χ0v) is 14.6. The molecule has 2 aromatic carbocycles. The summed E-state index contributed by atoms with van der Waals surface area (Å²) in [4.78, 5) is 28.1. The number of thioether (sulfide) groups is 1. The van der Waals surface area contributed by atoms with E-state index in [1.807, 2.05) is 37.3 Å². The van der Waals surface area contributed by atoms with Crippen molar-refractivity contribution in [3.8, 4) is 5.75 Å². The van der Waals surface area contributed by atoms with Crippen LogP contribution in [-0.2, 0) is 9.59 Å². The molecule has 25 heavy (non-hydrogen) atoms. The van der Waals surface area contributed by atoms with Crippen LogP contribution in [0.15, 0.2) is 58.4 Å². The molecule has 0 radical (unpaired) electrons. The van der Waals surface area contributed by atoms with E-state index in [0.29, 0.717) is 15.8 Å². The van der Waals surface area contributed by atoms with Crippen molar-refractivity contribution in [1.82, 2.24) is 5.32 Å². The number of nitrogens with one attached hydrogen (secondary N) is 1. The van der Waals surface area contributed by atoms with Gasteiger partial charge in [0.15, 0.2) is 5.17 Å². The van der Waals surface area contributed by atoms with E-state index in [2.05, 4.69) is 10.3 Å². The lowest BCUT2D eigenvalue weighted by Gasteiger charge is -2.02. The molecule has 5 nitrogen and oxygen atoms in total. The highest BCUT2D eigenvalue weighted by molar-refractivity contribution is 8.18. The van der Waals surface area contributed by atoms with Gasteiger partial charge >= 0.3 is 5.97 Å². The molecule has 1 aliphatic heterocycles. The van der Waals surface area contributed by atoms with Gasteiger partial charge in [-0.3, -0.25) is 9.59 Å². The van der Waals surface area contributed by atoms with Gasteiger partial charge in [-0.05, 0) is 54.6 Å². The highest BCUT2D eigenvalue weighted by Crippen LogP contribution is 2.28. The Balaban J connectivity index is 1.79. The maximum Gasteiger partial charge on any atom is 0.308 e. The number of carbonyl (C=O) groups is 2. The lowest BCUT2D eigenvalue weighted by Crippen LogP contribution is -2.19. The maximum atomic E-state index is 12.1. The van der Waals surface area contributed by atoms with E-state index in [9.17, 15) is 9.59 Å². The molecule has 0 saturated carbocycles. The number of amides is 1. The van der Waals surface area contributed by atoms with Gasteiger partial charge in [-0.15, -0.1) is 0 Å². The van der Waals surface area contributed by atoms with E-state index >= 15 is 0 Å². The van der Waals surface area contributed by atoms with Crippen molar-refractivity contribution in [3.63, 3.8) is 0 Å². The Morgan fingerprint density at radius 3 is 2.68 bits per heavy atom. The molecule has 1 aliphatic rings. The Morgan fingerprint density at radius 1 is 1.20 bits per heavy atom. The first-order valence-corrected chi connectivity index (χ1v) is 8.46. The van der Waals surface area contributed by atoms with Gasteiger partial charge in [-0.25, -0.2) is 4.99 Å². The standard InChI is InChI=1S/C19H16N2O3S/c1-12-6-8-15(9-7-12)20-19-21-18(23)17(25-19)11-14-4-3-5-16(10-14)24-13(2)22/h3-11H,1-2H3,(H,20,21,23)/b17-11-. The minimum absolute atomic E-state index is 0.200. The smallest absolute Gasteiger partial charge is 0.308 e. The summed E-state index contributed by atoms with van der Waals surface area (Å²) in [6, 6.07) is 14.7. The van der Waals surface area contributed by atoms with E-state index in [1.54, 1.807) is 24.3 Å². The molecule has 1 N–H and O–H groups in total. The first-order valence-electron chi connectivity index (χ1n) is 7.64. The first kappa shape index (κ1) is 17.0. The summed E-state index contributed by atoms with van der Waals surface area (Å²) in [5, 5.41) is 3.29. The third-order valence-corrected chi connectivity index (χ3v) is 4.24. The molecule has 6 heteroatoms. The lowest BCUT2D eigenvalue weighted by molar-refractivity contribution is -0.131. The number of ether oxygens (including phenoxy) is 1. The summed E-state index contributed by atoms with van der Waals surface area (Å²) < 4.78 is 5.06. The first-order chi connectivity index (χ1) is 12.0. The molecule has 2 aromatic rings. The fraction of sp³-hybridized carbons (Fsp3) is 0.105. The molecule has 0 aromatic heterocycles. The highest BCUT2D eigenvalue weighted by Gasteiger charge is 2.23. The fourth-order valence-electron chi connectivity index (χ4n) is 2.20. The van der Waals surface area contributed by atoms with Crippen LogP contribution in [0.3, 0.4) is 0 Å². The number of amidine groups is 1. The van der Waals surface area contributed by atoms with Gasteiger partial charge in [-0.2, -0.15) is 0 Å². The predicted molar refractivity (Wildman–Crippen MR) is 99.7 cm³/mol. The summed E-state index contributed by atoms with van der Waals surface area (Å²) >= 11 is 1.28. The van der Waals surface area contributed by atoms with E-state index in [1.165, 1.54) is 18.7 Å². The van der Waals surface area contributed by atoms with E-state index < -0.39 is 0 Å². The summed E-state index contributed by atoms with van der Waals surface area (Å²) in [6.45, 7) is 3.35. The number of hydrogen-bond acceptors (Lipinski definition) is 5. The zero-order valence-electron chi connectivity index (χ0n) is 13.8. The SMILES string of the molecule is CC(=O)Oc1cccc(/C=C2\SC(=Nc3ccc(C)cc3)NC2=O)c1. The molecule has 1 heterocycles. The maximum absolute atomic E-state index is 12.1. The fourth-order valence-corrected chi connectivity index (χ4v) is 3.04. The molecule has 0 spiro atoms. The number of esters is 1. The van der Waals surface area contributed by atoms with Gasteiger partial charge < -0.3 is 10.1 Å². The number of carbonyl (C=O) groups excluding carboxylic acids is 2. The molecular weight excluding hydrogens is 336 g/mol. The number of nitrogens with zero attached hydrogens (tertiary/aromatic N) is 1. The van der Waals surface area contributed by atoms with Crippen LogP contribution in [0.4, 0.5) is 5.69 Å². The van der Waals surface area contributed by atoms with Crippen molar-refractivity contribution in [3.05, 3.63) is 64.6 Å². The predicted octanol–water partition coefficient (Wildman–Crippen LogP) is 3.81. The van der Waals surface area contributed by atoms with Crippen molar-refractivity contribution in [2.45, 2.75) is 13.8 Å². The second-order valence-corrected chi connectivity index (χ2v) is 6.51. The molecule has 0 aliphatic carbocycles. The molecule has 1 saturated heterocycles. The van der Waals surface area contributed by atoms with Gasteiger partial charge in [0.25, 0.3) is 5.91 Å². The average molecular weight is 352 g/mol. The quantitative estimate of drug-likeness (QED) is 0.518. The summed E-state index contributed by atoms with van der Waals surface area (Å²) in [6.07, 6.45) is 1.74. The Morgan fingerprint density at radius 2 is 1.96 bits per heavy atom. The second-order valence-electron chi connectivity index (χ2n) is 5.48. The molecule has 0 unspecified atom stereocenters. The second kappa shape index (κ2) is 7.36. The molecule has 0 atom stereocenters. The van der Waals surface area contributed by atoms with Gasteiger partial charge in [0.05, 0.1) is 10.6 Å². The van der Waals surface area contributed by atoms with Gasteiger partial charge in [0.1, 0.15) is 5.75 Å². The molecule has 3 rings (SSSR count). The topological polar surface area (TPSA) is 67.8 Å². The van der Waals surface area contributed by atoms with E-state index in [-0.39, 0.29) is 11.9 Å². The summed E-state index contributed by atoms with van der Waals surface area (Å²) in [5.41, 5.74) is 2.71. The Bertz CT molecular complexity index is 886. The van der Waals surface area contributed by atoms with Crippen molar-refractivity contribution in [1.29, 1.82) is 0 Å². The third kappa shape index (κ3) is 4.58. The summed E-state index contributed by atoms with van der Waals surface area (Å²) in [7, 11) is 0. The summed E-state index contributed by atoms with van der Waals surface area (Å²) in [5.74, 6) is -0.141. The average Bonchev–Trinajstić information content (AvgIpc) is 2.89. The Hall–Kier alpha value is -2.86. The van der Waals surface area contributed by atoms with Crippen molar-refractivity contribution in [2.75, 3.05) is 0 Å². The van der Waals surface area contributed by atoms with Crippen LogP contribution < -0.4 is 10.1 Å². The van der Waals surface area contributed by atoms with E-state index in [4.69, 9.17) is 4.74 Å². The molecule has 1 amide bonds. The van der Waals surface area contributed by atoms with Crippen molar-refractivity contribution in [2.24, 2.45) is 4.99 Å². The third-order valence-electron chi connectivity index (χ3n) is 3.33. The monoisotopic (exact) mass is 352 g/mol. The number of aliphatic imine (C=N–C) groups is 1. The van der Waals surface area contributed by atoms with Crippen LogP contribution in [-0.4, -0.2) is 17.0 Å². The van der Waals surface area contributed by atoms with Crippen LogP contribution in [0.1, 0.15) is 18.1 Å². The molecular formula is C19H16N2O3S. The Kier molecular flexibility index (Phi) is 5.00. The van der Waals surface area contributed by atoms with Crippen molar-refractivity contribution < 1.29 is 14.3 Å². The Labute approximate surface area is 149 Å². The van der Waals surface area contributed by atoms with E-state index in [0.717, 1.165) is 16.8 Å². The van der Waals surface area contributed by atoms with Crippen LogP contribution in [0.5, 0.6) is 5.75 Å². The van der Waals surface area contributed by atoms with Crippen LogP contribution in [0.25, 0.3) is 6.08 Å². The minimum atomic E-state index is -0.384. The van der Waals surface area contributed by atoms with Gasteiger partial charge in [0, 0.05) is 6.92 Å². The number of rotatable bonds is 3. The zero-order chi connectivity index (χ0) is 17.8. The van der Waals surface area contributed by atoms with Gasteiger partial charge in [-0.1, -0.05) is 29.8 Å². The van der Waals surface area contributed by atoms with Crippen LogP contribution in [0.2, 0.25) is 0 Å². The van der Waals surface area contributed by atoms with Crippen LogP contribution >= 0.6 is 11.8 Å². The largest absolute Gasteiger partial charge is 0.427 e. The highest BCUT2D eigenvalue weighted by atomic mass is 32.2. The lowest BCUT2D eigenvalue weighted by atomic mass is 10.2. The molecule has 126 valence electrons. The molecule has 1 fully saturated rings. The van der Waals surface area contributed by atoms with Crippen molar-refractivity contribution >= 4 is 40.6 Å². The molecule has 0 bridgehead atoms. The minimum Gasteiger partial charge on any atom is -0.427 e. The van der Waals surface area contributed by atoms with Crippen LogP contribution in [0, 0.1) is 6.92 Å². The normalized spacial score (nSPS) is 17.0. The number of benzene rings is 2. The number of hydrogen-bond donors (Lipinski definition) is 1.